The van der Waals surface area contributed by atoms with Crippen LogP contribution in [-0.4, -0.2) is 5.09 Å². The maximum Gasteiger partial charge on any atom is 1.00 e. The molecule has 0 rings (SSSR count). The van der Waals surface area contributed by atoms with Crippen molar-refractivity contribution >= 4 is 0 Å². The number of rotatable bonds is 0. The molecule has 0 amide bonds. The van der Waals surface area contributed by atoms with Crippen molar-refractivity contribution in [1.29, 1.82) is 0 Å². The maximum atomic E-state index is 8.25. The van der Waals surface area contributed by atoms with Crippen molar-refractivity contribution in [2.24, 2.45) is 0 Å². The Hall–Kier alpha value is -0.203. The van der Waals surface area contributed by atoms with Crippen LogP contribution in [0.5, 0.6) is 0 Å². The zero-order chi connectivity index (χ0) is 3.58. The van der Waals surface area contributed by atoms with Crippen LogP contribution in [0.2, 0.25) is 0 Å². The third-order valence-corrected chi connectivity index (χ3v) is 0. The first kappa shape index (κ1) is 17.1. The van der Waals surface area contributed by atoms with Crippen LogP contribution in [0, 0.1) is 15.3 Å². The van der Waals surface area contributed by atoms with Gasteiger partial charge in [0.1, 0.15) is 0 Å². The largest absolute Gasteiger partial charge is 1.00 e. The van der Waals surface area contributed by atoms with Crippen molar-refractivity contribution in [1.82, 2.24) is 0 Å². The predicted molar refractivity (Wildman–Crippen MR) is 17.1 cm³/mol. The van der Waals surface area contributed by atoms with Crippen LogP contribution in [0.3, 0.4) is 0 Å². The van der Waals surface area contributed by atoms with Crippen LogP contribution >= 0.6 is 0 Å². The summed E-state index contributed by atoms with van der Waals surface area (Å²) in [5, 5.41) is 14.8. The van der Waals surface area contributed by atoms with Crippen molar-refractivity contribution in [3.63, 3.8) is 0 Å². The summed E-state index contributed by atoms with van der Waals surface area (Å²) in [5.74, 6) is 0. The second-order valence-electron chi connectivity index (χ2n) is 0.224. The Bertz CT molecular complexity index is 33.8. The van der Waals surface area contributed by atoms with Crippen molar-refractivity contribution in [3.8, 4) is 0 Å². The molecule has 0 saturated carbocycles. The molecule has 32 valence electrons. The van der Waals surface area contributed by atoms with E-state index in [4.69, 9.17) is 15.3 Å². The third kappa shape index (κ3) is 724. The predicted octanol–water partition coefficient (Wildman–Crippen LogP) is -2.60. The van der Waals surface area contributed by atoms with E-state index in [2.05, 4.69) is 0 Å². The first-order valence-electron chi connectivity index (χ1n) is 0.548. The zero-order valence-electron chi connectivity index (χ0n) is 2.67. The van der Waals surface area contributed by atoms with Gasteiger partial charge in [0, 0.05) is 0 Å². The number of hydrogen-bond donors (Lipinski definition) is 0. The Morgan fingerprint density at radius 2 is 1.33 bits per heavy atom. The van der Waals surface area contributed by atoms with Crippen LogP contribution in [0.1, 0.15) is 7.43 Å². The van der Waals surface area contributed by atoms with Gasteiger partial charge in [-0.2, -0.15) is 0 Å². The van der Waals surface area contributed by atoms with Gasteiger partial charge in [-0.3, -0.25) is 0 Å². The number of hydrogen-bond acceptors (Lipinski definition) is 3. The summed E-state index contributed by atoms with van der Waals surface area (Å²) in [6.07, 6.45) is 0. The molecule has 5 heteroatoms. The molecule has 0 radical (unpaired) electrons. The molecule has 0 aromatic rings. The van der Waals surface area contributed by atoms with Gasteiger partial charge < -0.3 is 15.3 Å². The molecule has 4 nitrogen and oxygen atoms in total. The molecule has 0 aliphatic heterocycles. The van der Waals surface area contributed by atoms with E-state index in [1.54, 1.807) is 0 Å². The van der Waals surface area contributed by atoms with E-state index in [9.17, 15) is 0 Å². The SMILES string of the molecule is C.O=[N+]([O-])[O-].[Li+]. The van der Waals surface area contributed by atoms with E-state index in [1.165, 1.54) is 0 Å². The van der Waals surface area contributed by atoms with E-state index in [0.717, 1.165) is 0 Å². The van der Waals surface area contributed by atoms with Crippen molar-refractivity contribution < 1.29 is 23.9 Å². The molecule has 0 aromatic carbocycles. The van der Waals surface area contributed by atoms with Gasteiger partial charge in [-0.05, 0) is 0 Å². The smallest absolute Gasteiger partial charge is 0.356 e. The summed E-state index contributed by atoms with van der Waals surface area (Å²) in [6, 6.07) is 0. The van der Waals surface area contributed by atoms with E-state index >= 15 is 0 Å². The van der Waals surface area contributed by atoms with E-state index < -0.39 is 5.09 Å². The monoisotopic (exact) mass is 85.0 g/mol. The molecular formula is CH4LiNO3. The molecule has 0 fully saturated rings. The van der Waals surface area contributed by atoms with E-state index in [1.807, 2.05) is 0 Å². The van der Waals surface area contributed by atoms with Gasteiger partial charge in [0.15, 0.2) is 0 Å². The first-order chi connectivity index (χ1) is 1.73. The minimum atomic E-state index is -1.75. The Morgan fingerprint density at radius 3 is 1.33 bits per heavy atom. The fourth-order valence-electron chi connectivity index (χ4n) is 0. The van der Waals surface area contributed by atoms with Crippen molar-refractivity contribution in [2.75, 3.05) is 0 Å². The summed E-state index contributed by atoms with van der Waals surface area (Å²) in [4.78, 5) is 8.25. The Kier molecular flexibility index (Phi) is 25.1. The summed E-state index contributed by atoms with van der Waals surface area (Å²) in [7, 11) is 0. The van der Waals surface area contributed by atoms with Crippen LogP contribution in [0.25, 0.3) is 0 Å². The van der Waals surface area contributed by atoms with Gasteiger partial charge >= 0.3 is 18.9 Å². The standard InChI is InChI=1S/CH4.Li.NO3/c;;2-1(3)4/h1H4;;/q;+1;-1. The molecular weight excluding hydrogens is 81.0 g/mol. The molecule has 6 heavy (non-hydrogen) atoms. The Labute approximate surface area is 47.4 Å². The van der Waals surface area contributed by atoms with Gasteiger partial charge in [0.25, 0.3) is 0 Å². The quantitative estimate of drug-likeness (QED) is 0.184. The molecule has 0 saturated heterocycles. The third-order valence-electron chi connectivity index (χ3n) is 0. The van der Waals surface area contributed by atoms with Crippen molar-refractivity contribution in [2.45, 2.75) is 7.43 Å². The van der Waals surface area contributed by atoms with Crippen molar-refractivity contribution in [3.05, 3.63) is 15.3 Å². The second-order valence-corrected chi connectivity index (χ2v) is 0.224. The molecule has 0 aromatic heterocycles. The van der Waals surface area contributed by atoms with Gasteiger partial charge in [-0.25, -0.2) is 0 Å². The number of nitrogens with zero attached hydrogens (tertiary/aromatic N) is 1. The molecule has 0 aliphatic rings. The van der Waals surface area contributed by atoms with Crippen LogP contribution in [0.4, 0.5) is 0 Å². The topological polar surface area (TPSA) is 66.2 Å². The normalized spacial score (nSPS) is 4.00. The molecule has 0 atom stereocenters. The first-order valence-corrected chi connectivity index (χ1v) is 0.548. The molecule has 0 heterocycles. The van der Waals surface area contributed by atoms with Gasteiger partial charge in [0.05, 0.1) is 5.09 Å². The maximum absolute atomic E-state index is 8.25. The van der Waals surface area contributed by atoms with Crippen LogP contribution in [0.15, 0.2) is 0 Å². The average Bonchev–Trinajstić information content (AvgIpc) is 0.811. The fraction of sp³-hybridized carbons (Fsp3) is 1.00. The molecule has 0 spiro atoms. The summed E-state index contributed by atoms with van der Waals surface area (Å²) < 4.78 is 0. The second kappa shape index (κ2) is 8.84. The Morgan fingerprint density at radius 1 is 1.33 bits per heavy atom. The summed E-state index contributed by atoms with van der Waals surface area (Å²) in [5.41, 5.74) is 0. The fourth-order valence-corrected chi connectivity index (χ4v) is 0. The Balaban J connectivity index is -0.0000000450. The molecule has 0 N–H and O–H groups in total. The van der Waals surface area contributed by atoms with Gasteiger partial charge in [-0.1, -0.05) is 7.43 Å². The zero-order valence-corrected chi connectivity index (χ0v) is 2.67. The van der Waals surface area contributed by atoms with Gasteiger partial charge in [-0.15, -0.1) is 0 Å². The van der Waals surface area contributed by atoms with E-state index in [-0.39, 0.29) is 26.3 Å². The minimum Gasteiger partial charge on any atom is -0.356 e. The van der Waals surface area contributed by atoms with E-state index in [0.29, 0.717) is 0 Å². The summed E-state index contributed by atoms with van der Waals surface area (Å²) >= 11 is 0. The molecule has 0 bridgehead atoms. The van der Waals surface area contributed by atoms with Crippen LogP contribution < -0.4 is 18.9 Å². The molecule has 0 aliphatic carbocycles. The minimum absolute atomic E-state index is 0. The summed E-state index contributed by atoms with van der Waals surface area (Å²) in [6.45, 7) is 0. The average molecular weight is 85.0 g/mol. The van der Waals surface area contributed by atoms with Gasteiger partial charge in [0.2, 0.25) is 0 Å². The van der Waals surface area contributed by atoms with Crippen LogP contribution in [-0.2, 0) is 0 Å². The molecule has 0 unspecified atom stereocenters.